The summed E-state index contributed by atoms with van der Waals surface area (Å²) in [5.41, 5.74) is 1.77. The number of carbonyl (C=O) groups is 1. The molecule has 6 nitrogen and oxygen atoms in total. The third-order valence-corrected chi connectivity index (χ3v) is 7.12. The van der Waals surface area contributed by atoms with E-state index >= 15 is 0 Å². The van der Waals surface area contributed by atoms with Gasteiger partial charge in [-0.25, -0.2) is 8.42 Å². The minimum absolute atomic E-state index is 0.0758. The van der Waals surface area contributed by atoms with Gasteiger partial charge in [-0.3, -0.25) is 9.52 Å². The van der Waals surface area contributed by atoms with E-state index in [4.69, 9.17) is 0 Å². The molecule has 1 aromatic heterocycles. The molecular weight excluding hydrogens is 418 g/mol. The van der Waals surface area contributed by atoms with Crippen molar-refractivity contribution in [2.45, 2.75) is 17.9 Å². The summed E-state index contributed by atoms with van der Waals surface area (Å²) in [6.07, 6.45) is 0. The second-order valence-corrected chi connectivity index (χ2v) is 9.81. The number of anilines is 1. The predicted molar refractivity (Wildman–Crippen MR) is 122 cm³/mol. The molecule has 8 heteroatoms. The van der Waals surface area contributed by atoms with E-state index < -0.39 is 10.0 Å². The Morgan fingerprint density at radius 1 is 1.03 bits per heavy atom. The number of likely N-dealkylation sites (N-methyl/N-ethyl adjacent to an activating group) is 1. The predicted octanol–water partition coefficient (Wildman–Crippen LogP) is 3.89. The molecule has 0 aliphatic rings. The highest BCUT2D eigenvalue weighted by Gasteiger charge is 2.18. The van der Waals surface area contributed by atoms with Crippen molar-refractivity contribution in [2.75, 3.05) is 25.4 Å². The van der Waals surface area contributed by atoms with Gasteiger partial charge in [0.2, 0.25) is 0 Å². The molecule has 0 saturated carbocycles. The van der Waals surface area contributed by atoms with Gasteiger partial charge in [-0.15, -0.1) is 11.3 Å². The number of rotatable bonds is 8. The van der Waals surface area contributed by atoms with Crippen LogP contribution in [0.4, 0.5) is 5.69 Å². The first-order valence-corrected chi connectivity index (χ1v) is 11.8. The fourth-order valence-corrected chi connectivity index (χ4v) is 5.04. The molecule has 3 aromatic rings. The smallest absolute Gasteiger partial charge is 0.261 e. The Labute approximate surface area is 181 Å². The number of hydrogen-bond donors (Lipinski definition) is 2. The van der Waals surface area contributed by atoms with Crippen LogP contribution in [-0.2, 0) is 10.0 Å². The molecule has 1 heterocycles. The summed E-state index contributed by atoms with van der Waals surface area (Å²) in [6.45, 7) is 2.30. The standard InChI is InChI=1S/C22H25N3O3S2/c1-16-7-4-5-8-19(16)24-30(27,28)18-12-10-17(11-13-18)22(26)23-15-20(25(2)3)21-9-6-14-29-21/h4-14,20,24H,15H2,1-3H3,(H,23,26). The first-order chi connectivity index (χ1) is 14.3. The van der Waals surface area contributed by atoms with Gasteiger partial charge in [-0.1, -0.05) is 24.3 Å². The maximum absolute atomic E-state index is 12.6. The van der Waals surface area contributed by atoms with Gasteiger partial charge in [0.05, 0.1) is 16.6 Å². The maximum atomic E-state index is 12.6. The zero-order valence-electron chi connectivity index (χ0n) is 17.1. The van der Waals surface area contributed by atoms with Gasteiger partial charge in [0.25, 0.3) is 15.9 Å². The second kappa shape index (κ2) is 9.42. The molecule has 1 amide bonds. The normalized spacial score (nSPS) is 12.5. The molecular formula is C22H25N3O3S2. The largest absolute Gasteiger partial charge is 0.350 e. The van der Waals surface area contributed by atoms with Crippen LogP contribution in [0.2, 0.25) is 0 Å². The van der Waals surface area contributed by atoms with Crippen LogP contribution in [0.5, 0.6) is 0 Å². The summed E-state index contributed by atoms with van der Waals surface area (Å²) in [5, 5.41) is 4.95. The number of aryl methyl sites for hydroxylation is 1. The van der Waals surface area contributed by atoms with Gasteiger partial charge in [-0.05, 0) is 68.4 Å². The SMILES string of the molecule is Cc1ccccc1NS(=O)(=O)c1ccc(C(=O)NCC(c2cccs2)N(C)C)cc1. The Morgan fingerprint density at radius 3 is 2.33 bits per heavy atom. The van der Waals surface area contributed by atoms with Gasteiger partial charge >= 0.3 is 0 Å². The third kappa shape index (κ3) is 5.27. The molecule has 2 aromatic carbocycles. The van der Waals surface area contributed by atoms with Crippen molar-refractivity contribution in [3.05, 3.63) is 82.0 Å². The van der Waals surface area contributed by atoms with Crippen molar-refractivity contribution in [2.24, 2.45) is 0 Å². The minimum atomic E-state index is -3.73. The number of amides is 1. The van der Waals surface area contributed by atoms with Crippen molar-refractivity contribution < 1.29 is 13.2 Å². The Morgan fingerprint density at radius 2 is 1.73 bits per heavy atom. The van der Waals surface area contributed by atoms with Crippen LogP contribution in [0.3, 0.4) is 0 Å². The molecule has 0 aliphatic carbocycles. The molecule has 3 rings (SSSR count). The van der Waals surface area contributed by atoms with Gasteiger partial charge < -0.3 is 10.2 Å². The highest BCUT2D eigenvalue weighted by Crippen LogP contribution is 2.23. The summed E-state index contributed by atoms with van der Waals surface area (Å²) < 4.78 is 27.9. The molecule has 0 aliphatic heterocycles. The van der Waals surface area contributed by atoms with Crippen LogP contribution >= 0.6 is 11.3 Å². The van der Waals surface area contributed by atoms with Crippen LogP contribution in [0, 0.1) is 6.92 Å². The highest BCUT2D eigenvalue weighted by molar-refractivity contribution is 7.92. The van der Waals surface area contributed by atoms with Crippen LogP contribution in [-0.4, -0.2) is 39.9 Å². The molecule has 0 fully saturated rings. The van der Waals surface area contributed by atoms with Gasteiger partial charge in [0.1, 0.15) is 0 Å². The first-order valence-electron chi connectivity index (χ1n) is 9.44. The number of thiophene rings is 1. The number of para-hydroxylation sites is 1. The first kappa shape index (κ1) is 22.0. The van der Waals surface area contributed by atoms with Crippen molar-refractivity contribution in [1.82, 2.24) is 10.2 Å². The lowest BCUT2D eigenvalue weighted by molar-refractivity contribution is 0.0942. The monoisotopic (exact) mass is 443 g/mol. The van der Waals surface area contributed by atoms with E-state index in [0.717, 1.165) is 5.56 Å². The van der Waals surface area contributed by atoms with E-state index in [2.05, 4.69) is 14.9 Å². The van der Waals surface area contributed by atoms with Crippen molar-refractivity contribution in [1.29, 1.82) is 0 Å². The fourth-order valence-electron chi connectivity index (χ4n) is 2.99. The van der Waals surface area contributed by atoms with Crippen LogP contribution < -0.4 is 10.0 Å². The summed E-state index contributed by atoms with van der Waals surface area (Å²) in [6, 6.07) is 17.2. The van der Waals surface area contributed by atoms with Gasteiger partial charge in [0, 0.05) is 17.0 Å². The number of nitrogens with zero attached hydrogens (tertiary/aromatic N) is 1. The Hall–Kier alpha value is -2.68. The Bertz CT molecular complexity index is 1090. The second-order valence-electron chi connectivity index (χ2n) is 7.15. The average molecular weight is 444 g/mol. The van der Waals surface area contributed by atoms with Crippen LogP contribution in [0.25, 0.3) is 0 Å². The molecule has 0 radical (unpaired) electrons. The van der Waals surface area contributed by atoms with E-state index in [1.165, 1.54) is 29.1 Å². The molecule has 0 saturated heterocycles. The number of nitrogens with one attached hydrogen (secondary N) is 2. The van der Waals surface area contributed by atoms with E-state index in [0.29, 0.717) is 17.8 Å². The number of benzene rings is 2. The average Bonchev–Trinajstić information content (AvgIpc) is 3.24. The summed E-state index contributed by atoms with van der Waals surface area (Å²) in [7, 11) is 0.208. The van der Waals surface area contributed by atoms with E-state index in [1.807, 2.05) is 50.7 Å². The van der Waals surface area contributed by atoms with Gasteiger partial charge in [-0.2, -0.15) is 0 Å². The number of hydrogen-bond acceptors (Lipinski definition) is 5. The highest BCUT2D eigenvalue weighted by atomic mass is 32.2. The van der Waals surface area contributed by atoms with E-state index in [9.17, 15) is 13.2 Å². The molecule has 1 atom stereocenters. The fraction of sp³-hybridized carbons (Fsp3) is 0.227. The minimum Gasteiger partial charge on any atom is -0.350 e. The lowest BCUT2D eigenvalue weighted by Crippen LogP contribution is -2.34. The molecule has 1 unspecified atom stereocenters. The molecule has 158 valence electrons. The lowest BCUT2D eigenvalue weighted by atomic mass is 10.2. The quantitative estimate of drug-likeness (QED) is 0.554. The summed E-state index contributed by atoms with van der Waals surface area (Å²) in [5.74, 6) is -0.241. The van der Waals surface area contributed by atoms with E-state index in [1.54, 1.807) is 23.5 Å². The molecule has 0 bridgehead atoms. The topological polar surface area (TPSA) is 78.5 Å². The van der Waals surface area contributed by atoms with Crippen molar-refractivity contribution in [3.63, 3.8) is 0 Å². The summed E-state index contributed by atoms with van der Waals surface area (Å²) >= 11 is 1.65. The Kier molecular flexibility index (Phi) is 6.91. The van der Waals surface area contributed by atoms with Crippen molar-refractivity contribution >= 4 is 33.0 Å². The maximum Gasteiger partial charge on any atom is 0.261 e. The lowest BCUT2D eigenvalue weighted by Gasteiger charge is -2.23. The zero-order chi connectivity index (χ0) is 21.7. The van der Waals surface area contributed by atoms with Crippen LogP contribution in [0.15, 0.2) is 70.9 Å². The van der Waals surface area contributed by atoms with Gasteiger partial charge in [0.15, 0.2) is 0 Å². The molecule has 0 spiro atoms. The van der Waals surface area contributed by atoms with Crippen molar-refractivity contribution in [3.8, 4) is 0 Å². The zero-order valence-corrected chi connectivity index (χ0v) is 18.8. The Balaban J connectivity index is 1.67. The summed E-state index contributed by atoms with van der Waals surface area (Å²) in [4.78, 5) is 15.9. The number of sulfonamides is 1. The van der Waals surface area contributed by atoms with E-state index in [-0.39, 0.29) is 16.8 Å². The van der Waals surface area contributed by atoms with Crippen LogP contribution in [0.1, 0.15) is 26.8 Å². The molecule has 30 heavy (non-hydrogen) atoms. The molecule has 2 N–H and O–H groups in total. The number of carbonyl (C=O) groups excluding carboxylic acids is 1. The third-order valence-electron chi connectivity index (χ3n) is 4.77.